The van der Waals surface area contributed by atoms with Gasteiger partial charge in [-0.3, -0.25) is 5.32 Å². The molecule has 0 fully saturated rings. The molecule has 2 N–H and O–H groups in total. The molecule has 1 aromatic heterocycles. The highest BCUT2D eigenvalue weighted by Crippen LogP contribution is 2.18. The summed E-state index contributed by atoms with van der Waals surface area (Å²) in [6, 6.07) is 0. The number of ether oxygens (including phenoxy) is 1. The van der Waals surface area contributed by atoms with Crippen molar-refractivity contribution in [2.45, 2.75) is 33.0 Å². The first kappa shape index (κ1) is 10.4. The summed E-state index contributed by atoms with van der Waals surface area (Å²) < 4.78 is 12.4. The average molecular weight is 231 g/mol. The van der Waals surface area contributed by atoms with Crippen molar-refractivity contribution in [1.82, 2.24) is 4.98 Å². The van der Waals surface area contributed by atoms with Crippen molar-refractivity contribution in [3.63, 3.8) is 0 Å². The van der Waals surface area contributed by atoms with Crippen molar-refractivity contribution in [2.75, 3.05) is 5.32 Å². The number of thiazole rings is 1. The molecule has 1 rings (SSSR count). The molecule has 0 unspecified atom stereocenters. The van der Waals surface area contributed by atoms with Crippen LogP contribution in [0.3, 0.4) is 0 Å². The number of nitrogens with one attached hydrogen (secondary N) is 1. The zero-order chi connectivity index (χ0) is 12.3. The van der Waals surface area contributed by atoms with Gasteiger partial charge in [0.25, 0.3) is 0 Å². The van der Waals surface area contributed by atoms with Crippen molar-refractivity contribution in [2.24, 2.45) is 0 Å². The lowest BCUT2D eigenvalue weighted by Gasteiger charge is -2.18. The van der Waals surface area contributed by atoms with Gasteiger partial charge in [-0.05, 0) is 20.8 Å². The third-order valence-corrected chi connectivity index (χ3v) is 2.11. The molecule has 1 aromatic rings. The molecule has 0 aliphatic heterocycles. The van der Waals surface area contributed by atoms with Crippen molar-refractivity contribution < 1.29 is 16.0 Å². The molecular formula is C9H14N2O3S. The predicted octanol–water partition coefficient (Wildman–Crippen LogP) is 1.98. The second-order valence-electron chi connectivity index (χ2n) is 3.84. The molecule has 0 aromatic carbocycles. The van der Waals surface area contributed by atoms with Crippen LogP contribution in [0.15, 0.2) is 6.17 Å². The molecule has 15 heavy (non-hydrogen) atoms. The molecule has 0 radical (unpaired) electrons. The monoisotopic (exact) mass is 231 g/mol. The van der Waals surface area contributed by atoms with Gasteiger partial charge in [0.05, 0.1) is 12.9 Å². The van der Waals surface area contributed by atoms with Crippen LogP contribution < -0.4 is 5.32 Å². The fourth-order valence-electron chi connectivity index (χ4n) is 0.787. The fourth-order valence-corrected chi connectivity index (χ4v) is 1.40. The van der Waals surface area contributed by atoms with Gasteiger partial charge in [-0.1, -0.05) is 11.3 Å². The van der Waals surface area contributed by atoms with Gasteiger partial charge in [0, 0.05) is 6.17 Å². The Morgan fingerprint density at radius 1 is 1.80 bits per heavy atom. The Labute approximate surface area is 93.5 Å². The molecular weight excluding hydrogens is 216 g/mol. The van der Waals surface area contributed by atoms with Crippen LogP contribution >= 0.6 is 11.3 Å². The molecule has 0 bridgehead atoms. The fraction of sp³-hybridized carbons (Fsp3) is 0.556. The van der Waals surface area contributed by atoms with E-state index in [4.69, 9.17) is 11.2 Å². The first-order chi connectivity index (χ1) is 7.31. The number of hydrogen-bond donors (Lipinski definition) is 2. The van der Waals surface area contributed by atoms with Gasteiger partial charge in [0.1, 0.15) is 5.60 Å². The standard InChI is InChI=1S/C9H14N2O3S/c1-9(2,3)14-8(13)11-7-10-4-6(5-12)15-7/h4,12H,5H2,1-3H3,(H,10,11,13)/i4D. The molecule has 0 aliphatic carbocycles. The summed E-state index contributed by atoms with van der Waals surface area (Å²) in [6.45, 7) is 5.00. The number of anilines is 1. The molecule has 0 atom stereocenters. The minimum Gasteiger partial charge on any atom is -0.444 e. The maximum Gasteiger partial charge on any atom is 0.413 e. The van der Waals surface area contributed by atoms with E-state index in [0.717, 1.165) is 11.3 Å². The minimum atomic E-state index is -0.620. The second-order valence-corrected chi connectivity index (χ2v) is 4.92. The molecule has 5 nitrogen and oxygen atoms in total. The van der Waals surface area contributed by atoms with E-state index in [-0.39, 0.29) is 17.9 Å². The highest BCUT2D eigenvalue weighted by molar-refractivity contribution is 7.15. The Kier molecular flexibility index (Phi) is 3.17. The number of amides is 1. The summed E-state index contributed by atoms with van der Waals surface area (Å²) in [5, 5.41) is 11.5. The number of rotatable bonds is 2. The maximum absolute atomic E-state index is 11.3. The van der Waals surface area contributed by atoms with Crippen LogP contribution in [0, 0.1) is 0 Å². The van der Waals surface area contributed by atoms with Crippen LogP contribution in [0.5, 0.6) is 0 Å². The lowest BCUT2D eigenvalue weighted by Crippen LogP contribution is -2.27. The van der Waals surface area contributed by atoms with E-state index in [1.54, 1.807) is 20.8 Å². The van der Waals surface area contributed by atoms with E-state index < -0.39 is 11.7 Å². The van der Waals surface area contributed by atoms with Gasteiger partial charge in [-0.25, -0.2) is 9.78 Å². The summed E-state index contributed by atoms with van der Waals surface area (Å²) >= 11 is 1.05. The first-order valence-electron chi connectivity index (χ1n) is 4.89. The third-order valence-electron chi connectivity index (χ3n) is 1.25. The van der Waals surface area contributed by atoms with Crippen LogP contribution in [-0.4, -0.2) is 21.8 Å². The zero-order valence-corrected chi connectivity index (χ0v) is 9.64. The SMILES string of the molecule is [2H]c1nc(NC(=O)OC(C)(C)C)sc1CO. The molecule has 6 heteroatoms. The zero-order valence-electron chi connectivity index (χ0n) is 9.83. The van der Waals surface area contributed by atoms with E-state index in [0.29, 0.717) is 4.88 Å². The maximum atomic E-state index is 11.3. The van der Waals surface area contributed by atoms with E-state index >= 15 is 0 Å². The summed E-state index contributed by atoms with van der Waals surface area (Å²) in [6.07, 6.45) is -0.649. The Balaban J connectivity index is 2.63. The van der Waals surface area contributed by atoms with Crippen molar-refractivity contribution in [3.8, 4) is 0 Å². The van der Waals surface area contributed by atoms with E-state index in [1.807, 2.05) is 0 Å². The van der Waals surface area contributed by atoms with E-state index in [9.17, 15) is 4.79 Å². The molecule has 0 spiro atoms. The topological polar surface area (TPSA) is 71.5 Å². The molecule has 0 saturated heterocycles. The Morgan fingerprint density at radius 3 is 2.93 bits per heavy atom. The summed E-state index contributed by atoms with van der Waals surface area (Å²) in [4.78, 5) is 15.5. The Morgan fingerprint density at radius 2 is 2.47 bits per heavy atom. The second kappa shape index (κ2) is 4.59. The number of carbonyl (C=O) groups is 1. The number of aromatic nitrogens is 1. The molecule has 1 amide bonds. The largest absolute Gasteiger partial charge is 0.444 e. The minimum absolute atomic E-state index is 0.0291. The van der Waals surface area contributed by atoms with Crippen molar-refractivity contribution >= 4 is 22.6 Å². The highest BCUT2D eigenvalue weighted by atomic mass is 32.1. The molecule has 0 aliphatic rings. The summed E-state index contributed by atoms with van der Waals surface area (Å²) in [5.74, 6) is 0. The number of nitrogens with zero attached hydrogens (tertiary/aromatic N) is 1. The molecule has 0 saturated carbocycles. The Bertz CT molecular complexity index is 387. The quantitative estimate of drug-likeness (QED) is 0.816. The van der Waals surface area contributed by atoms with Crippen LogP contribution in [0.1, 0.15) is 27.0 Å². The smallest absolute Gasteiger partial charge is 0.413 e. The first-order valence-corrected chi connectivity index (χ1v) is 5.20. The van der Waals surface area contributed by atoms with Crippen LogP contribution in [0.25, 0.3) is 0 Å². The summed E-state index contributed by atoms with van der Waals surface area (Å²) in [5.41, 5.74) is -0.578. The molecule has 84 valence electrons. The van der Waals surface area contributed by atoms with E-state index in [2.05, 4.69) is 10.3 Å². The van der Waals surface area contributed by atoms with Crippen LogP contribution in [0.4, 0.5) is 9.93 Å². The van der Waals surface area contributed by atoms with Gasteiger partial charge in [0.2, 0.25) is 0 Å². The normalized spacial score (nSPS) is 12.1. The van der Waals surface area contributed by atoms with Gasteiger partial charge in [-0.15, -0.1) is 0 Å². The van der Waals surface area contributed by atoms with Gasteiger partial charge in [-0.2, -0.15) is 0 Å². The average Bonchev–Trinajstić information content (AvgIpc) is 2.42. The lowest BCUT2D eigenvalue weighted by atomic mass is 10.2. The number of carbonyl (C=O) groups excluding carboxylic acids is 1. The highest BCUT2D eigenvalue weighted by Gasteiger charge is 2.17. The molecule has 1 heterocycles. The van der Waals surface area contributed by atoms with Crippen LogP contribution in [0.2, 0.25) is 0 Å². The van der Waals surface area contributed by atoms with Crippen LogP contribution in [-0.2, 0) is 11.3 Å². The van der Waals surface area contributed by atoms with Crippen molar-refractivity contribution in [3.05, 3.63) is 11.1 Å². The number of hydrogen-bond acceptors (Lipinski definition) is 5. The lowest BCUT2D eigenvalue weighted by molar-refractivity contribution is 0.0636. The Hall–Kier alpha value is -1.14. The van der Waals surface area contributed by atoms with E-state index in [1.165, 1.54) is 0 Å². The van der Waals surface area contributed by atoms with Gasteiger partial charge < -0.3 is 9.84 Å². The number of aliphatic hydroxyl groups is 1. The predicted molar refractivity (Wildman–Crippen MR) is 57.9 cm³/mol. The summed E-state index contributed by atoms with van der Waals surface area (Å²) in [7, 11) is 0. The third kappa shape index (κ3) is 4.26. The number of aliphatic hydroxyl groups excluding tert-OH is 1. The van der Waals surface area contributed by atoms with Gasteiger partial charge in [0.15, 0.2) is 5.13 Å². The van der Waals surface area contributed by atoms with Gasteiger partial charge >= 0.3 is 6.09 Å². The van der Waals surface area contributed by atoms with Crippen molar-refractivity contribution in [1.29, 1.82) is 0 Å².